The summed E-state index contributed by atoms with van der Waals surface area (Å²) in [4.78, 5) is 0. The van der Waals surface area contributed by atoms with Crippen LogP contribution in [-0.2, 0) is 13.2 Å². The fourth-order valence-corrected chi connectivity index (χ4v) is 1.82. The minimum atomic E-state index is -4.49. The summed E-state index contributed by atoms with van der Waals surface area (Å²) in [7, 11) is 1.44. The Labute approximate surface area is 106 Å². The molecule has 1 heterocycles. The maximum absolute atomic E-state index is 12.9. The van der Waals surface area contributed by atoms with Crippen molar-refractivity contribution >= 4 is 0 Å². The molecule has 102 valence electrons. The van der Waals surface area contributed by atoms with Gasteiger partial charge in [-0.1, -0.05) is 18.2 Å². The van der Waals surface area contributed by atoms with Gasteiger partial charge in [0.15, 0.2) is 6.29 Å². The third kappa shape index (κ3) is 2.61. The Bertz CT molecular complexity index is 591. The van der Waals surface area contributed by atoms with Crippen LogP contribution in [0.4, 0.5) is 13.2 Å². The molecule has 0 saturated heterocycles. The second kappa shape index (κ2) is 4.67. The molecule has 0 amide bonds. The molecule has 0 fully saturated rings. The molecule has 0 atom stereocenters. The summed E-state index contributed by atoms with van der Waals surface area (Å²) >= 11 is 0. The third-order valence-corrected chi connectivity index (χ3v) is 2.67. The number of aliphatic hydroxyl groups is 2. The molecule has 0 unspecified atom stereocenters. The van der Waals surface area contributed by atoms with E-state index in [1.807, 2.05) is 0 Å². The lowest BCUT2D eigenvalue weighted by molar-refractivity contribution is -0.137. The first kappa shape index (κ1) is 13.6. The van der Waals surface area contributed by atoms with Gasteiger partial charge in [0, 0.05) is 12.6 Å². The van der Waals surface area contributed by atoms with Crippen LogP contribution in [0.3, 0.4) is 0 Å². The van der Waals surface area contributed by atoms with Gasteiger partial charge in [0.05, 0.1) is 11.3 Å². The number of hydrogen-bond acceptors (Lipinski definition) is 3. The van der Waals surface area contributed by atoms with Crippen LogP contribution in [0.1, 0.15) is 17.5 Å². The van der Waals surface area contributed by atoms with E-state index >= 15 is 0 Å². The number of benzene rings is 1. The van der Waals surface area contributed by atoms with E-state index in [1.165, 1.54) is 36.0 Å². The molecular formula is C12H11F3N2O2. The van der Waals surface area contributed by atoms with Crippen LogP contribution in [-0.4, -0.2) is 20.0 Å². The Hall–Kier alpha value is -1.86. The number of aromatic nitrogens is 2. The predicted molar refractivity (Wildman–Crippen MR) is 60.8 cm³/mol. The van der Waals surface area contributed by atoms with E-state index in [4.69, 9.17) is 10.2 Å². The van der Waals surface area contributed by atoms with Crippen molar-refractivity contribution in [2.45, 2.75) is 12.5 Å². The molecule has 7 heteroatoms. The molecule has 0 aliphatic carbocycles. The maximum Gasteiger partial charge on any atom is 0.417 e. The molecule has 0 radical (unpaired) electrons. The largest absolute Gasteiger partial charge is 0.417 e. The molecule has 0 aliphatic rings. The summed E-state index contributed by atoms with van der Waals surface area (Å²) in [5.74, 6) is 0. The minimum Gasteiger partial charge on any atom is -0.363 e. The summed E-state index contributed by atoms with van der Waals surface area (Å²) in [5.41, 5.74) is -0.792. The molecule has 0 bridgehead atoms. The standard InChI is InChI=1S/C12H11F3N2O2/c1-17-10(6-9(16-17)11(18)19)7-4-2-3-5-8(7)12(13,14)15/h2-6,11,18-19H,1H3. The summed E-state index contributed by atoms with van der Waals surface area (Å²) in [5, 5.41) is 21.7. The Kier molecular flexibility index (Phi) is 3.34. The number of aliphatic hydroxyl groups excluding tert-OH is 1. The molecule has 2 rings (SSSR count). The molecule has 1 aromatic carbocycles. The van der Waals surface area contributed by atoms with Gasteiger partial charge in [0.2, 0.25) is 0 Å². The van der Waals surface area contributed by atoms with Crippen molar-refractivity contribution in [2.24, 2.45) is 7.05 Å². The average Bonchev–Trinajstić information content (AvgIpc) is 2.70. The highest BCUT2D eigenvalue weighted by atomic mass is 19.4. The van der Waals surface area contributed by atoms with E-state index in [0.717, 1.165) is 6.07 Å². The molecule has 0 aliphatic heterocycles. The van der Waals surface area contributed by atoms with Crippen LogP contribution in [0.2, 0.25) is 0 Å². The van der Waals surface area contributed by atoms with Gasteiger partial charge in [-0.05, 0) is 12.1 Å². The lowest BCUT2D eigenvalue weighted by atomic mass is 10.0. The van der Waals surface area contributed by atoms with Crippen molar-refractivity contribution in [2.75, 3.05) is 0 Å². The smallest absolute Gasteiger partial charge is 0.363 e. The first-order chi connectivity index (χ1) is 8.80. The maximum atomic E-state index is 12.9. The van der Waals surface area contributed by atoms with Crippen LogP contribution < -0.4 is 0 Å². The van der Waals surface area contributed by atoms with Crippen LogP contribution in [0, 0.1) is 0 Å². The number of hydrogen-bond donors (Lipinski definition) is 2. The summed E-state index contributed by atoms with van der Waals surface area (Å²) < 4.78 is 39.9. The minimum absolute atomic E-state index is 0.0584. The molecule has 0 saturated carbocycles. The number of rotatable bonds is 2. The van der Waals surface area contributed by atoms with Gasteiger partial charge in [0.25, 0.3) is 0 Å². The third-order valence-electron chi connectivity index (χ3n) is 2.67. The van der Waals surface area contributed by atoms with Crippen LogP contribution in [0.15, 0.2) is 30.3 Å². The highest BCUT2D eigenvalue weighted by molar-refractivity contribution is 5.65. The Morgan fingerprint density at radius 3 is 2.37 bits per heavy atom. The van der Waals surface area contributed by atoms with Gasteiger partial charge in [-0.15, -0.1) is 0 Å². The van der Waals surface area contributed by atoms with Crippen molar-refractivity contribution in [1.82, 2.24) is 9.78 Å². The first-order valence-corrected chi connectivity index (χ1v) is 5.37. The van der Waals surface area contributed by atoms with Crippen molar-refractivity contribution in [3.05, 3.63) is 41.6 Å². The van der Waals surface area contributed by atoms with Crippen molar-refractivity contribution in [3.63, 3.8) is 0 Å². The topological polar surface area (TPSA) is 58.3 Å². The van der Waals surface area contributed by atoms with Gasteiger partial charge in [0.1, 0.15) is 5.69 Å². The zero-order valence-corrected chi connectivity index (χ0v) is 9.89. The van der Waals surface area contributed by atoms with E-state index in [9.17, 15) is 13.2 Å². The lowest BCUT2D eigenvalue weighted by Gasteiger charge is -2.12. The van der Waals surface area contributed by atoms with Crippen LogP contribution >= 0.6 is 0 Å². The highest BCUT2D eigenvalue weighted by Crippen LogP contribution is 2.37. The Balaban J connectivity index is 2.60. The Morgan fingerprint density at radius 2 is 1.84 bits per heavy atom. The van der Waals surface area contributed by atoms with Gasteiger partial charge in [-0.25, -0.2) is 0 Å². The lowest BCUT2D eigenvalue weighted by Crippen LogP contribution is -2.08. The van der Waals surface area contributed by atoms with Crippen LogP contribution in [0.5, 0.6) is 0 Å². The second-order valence-electron chi connectivity index (χ2n) is 4.00. The quantitative estimate of drug-likeness (QED) is 0.823. The van der Waals surface area contributed by atoms with E-state index in [1.54, 1.807) is 0 Å². The molecule has 1 aromatic heterocycles. The summed E-state index contributed by atoms with van der Waals surface area (Å²) in [6, 6.07) is 6.27. The van der Waals surface area contributed by atoms with Crippen molar-refractivity contribution < 1.29 is 23.4 Å². The number of nitrogens with zero attached hydrogens (tertiary/aromatic N) is 2. The molecule has 19 heavy (non-hydrogen) atoms. The SMILES string of the molecule is Cn1nc(C(O)O)cc1-c1ccccc1C(F)(F)F. The molecule has 2 N–H and O–H groups in total. The van der Waals surface area contributed by atoms with E-state index in [0.29, 0.717) is 0 Å². The van der Waals surface area contributed by atoms with E-state index in [-0.39, 0.29) is 17.0 Å². The number of alkyl halides is 3. The van der Waals surface area contributed by atoms with Gasteiger partial charge in [-0.3, -0.25) is 4.68 Å². The monoisotopic (exact) mass is 272 g/mol. The number of halogens is 3. The van der Waals surface area contributed by atoms with Crippen LogP contribution in [0.25, 0.3) is 11.3 Å². The average molecular weight is 272 g/mol. The second-order valence-corrected chi connectivity index (χ2v) is 4.00. The molecule has 2 aromatic rings. The molecular weight excluding hydrogens is 261 g/mol. The van der Waals surface area contributed by atoms with Crippen molar-refractivity contribution in [1.29, 1.82) is 0 Å². The van der Waals surface area contributed by atoms with Gasteiger partial charge < -0.3 is 10.2 Å². The van der Waals surface area contributed by atoms with Gasteiger partial charge in [-0.2, -0.15) is 18.3 Å². The molecule has 0 spiro atoms. The van der Waals surface area contributed by atoms with Gasteiger partial charge >= 0.3 is 6.18 Å². The predicted octanol–water partition coefficient (Wildman–Crippen LogP) is 2.09. The normalized spacial score (nSPS) is 12.2. The summed E-state index contributed by atoms with van der Waals surface area (Å²) in [6.07, 6.45) is -6.31. The fourth-order valence-electron chi connectivity index (χ4n) is 1.82. The first-order valence-electron chi connectivity index (χ1n) is 5.37. The van der Waals surface area contributed by atoms with E-state index < -0.39 is 18.0 Å². The van der Waals surface area contributed by atoms with E-state index in [2.05, 4.69) is 5.10 Å². The zero-order valence-electron chi connectivity index (χ0n) is 9.89. The Morgan fingerprint density at radius 1 is 1.21 bits per heavy atom. The number of aryl methyl sites for hydroxylation is 1. The van der Waals surface area contributed by atoms with Crippen molar-refractivity contribution in [3.8, 4) is 11.3 Å². The highest BCUT2D eigenvalue weighted by Gasteiger charge is 2.34. The fraction of sp³-hybridized carbons (Fsp3) is 0.250. The molecule has 4 nitrogen and oxygen atoms in total. The zero-order chi connectivity index (χ0) is 14.2. The summed E-state index contributed by atoms with van der Waals surface area (Å²) in [6.45, 7) is 0.